The van der Waals surface area contributed by atoms with Gasteiger partial charge in [0.25, 0.3) is 0 Å². The minimum Gasteiger partial charge on any atom is -0.463 e. The lowest BCUT2D eigenvalue weighted by atomic mass is 10.2. The van der Waals surface area contributed by atoms with E-state index in [0.717, 1.165) is 23.7 Å². The number of hydrogen-bond acceptors (Lipinski definition) is 2. The molecule has 2 heteroatoms. The van der Waals surface area contributed by atoms with Crippen LogP contribution in [0.25, 0.3) is 0 Å². The van der Waals surface area contributed by atoms with Crippen LogP contribution in [0, 0.1) is 0 Å². The first-order valence-corrected chi connectivity index (χ1v) is 6.70. The van der Waals surface area contributed by atoms with Gasteiger partial charge in [-0.1, -0.05) is 30.9 Å². The first kappa shape index (κ1) is 15.8. The first-order valence-electron chi connectivity index (χ1n) is 6.70. The van der Waals surface area contributed by atoms with Gasteiger partial charge in [0.05, 0.1) is 5.76 Å². The second-order valence-corrected chi connectivity index (χ2v) is 4.49. The Balaban J connectivity index is 2.92. The van der Waals surface area contributed by atoms with Crippen LogP contribution >= 0.6 is 0 Å². The summed E-state index contributed by atoms with van der Waals surface area (Å²) in [6.45, 7) is 14.4. The molecule has 0 spiro atoms. The predicted octanol–water partition coefficient (Wildman–Crippen LogP) is 5.04. The van der Waals surface area contributed by atoms with Gasteiger partial charge in [0, 0.05) is 17.9 Å². The Morgan fingerprint density at radius 1 is 1.25 bits per heavy atom. The topological polar surface area (TPSA) is 12.5 Å². The number of nitrogens with zero attached hydrogens (tertiary/aromatic N) is 1. The number of anilines is 1. The molecule has 0 unspecified atom stereocenters. The molecule has 0 bridgehead atoms. The zero-order chi connectivity index (χ0) is 15.0. The van der Waals surface area contributed by atoms with Crippen molar-refractivity contribution >= 4 is 5.69 Å². The molecule has 0 fully saturated rings. The van der Waals surface area contributed by atoms with Gasteiger partial charge in [-0.05, 0) is 45.1 Å². The van der Waals surface area contributed by atoms with Crippen molar-refractivity contribution in [2.24, 2.45) is 0 Å². The summed E-state index contributed by atoms with van der Waals surface area (Å²) in [5.41, 5.74) is 2.18. The molecule has 0 aromatic heterocycles. The molecule has 0 aliphatic rings. The smallest absolute Gasteiger partial charge is 0.121 e. The maximum atomic E-state index is 5.57. The van der Waals surface area contributed by atoms with Gasteiger partial charge < -0.3 is 9.64 Å². The SMILES string of the molecule is C=CCN(/C(C)=C/C(=C)O/C(C)=C/C)c1ccccc1. The summed E-state index contributed by atoms with van der Waals surface area (Å²) in [6.07, 6.45) is 5.72. The molecular weight excluding hydrogens is 246 g/mol. The van der Waals surface area contributed by atoms with E-state index in [1.165, 1.54) is 0 Å². The van der Waals surface area contributed by atoms with E-state index in [-0.39, 0.29) is 0 Å². The molecule has 0 atom stereocenters. The number of para-hydroxylation sites is 1. The standard InChI is InChI=1S/C18H23NO/c1-6-13-19(18-11-9-8-10-12-18)15(3)14-17(5)20-16(4)7-2/h6-12,14H,1,5,13H2,2-4H3/b15-14+,16-7+. The molecule has 0 N–H and O–H groups in total. The largest absolute Gasteiger partial charge is 0.463 e. The van der Waals surface area contributed by atoms with Gasteiger partial charge in [-0.3, -0.25) is 0 Å². The van der Waals surface area contributed by atoms with Crippen molar-refractivity contribution in [3.63, 3.8) is 0 Å². The van der Waals surface area contributed by atoms with Crippen LogP contribution in [0.5, 0.6) is 0 Å². The number of ether oxygens (including phenoxy) is 1. The molecular formula is C18H23NO. The Bertz CT molecular complexity index is 511. The van der Waals surface area contributed by atoms with Crippen molar-refractivity contribution in [1.29, 1.82) is 0 Å². The minimum absolute atomic E-state index is 0.628. The van der Waals surface area contributed by atoms with E-state index in [1.807, 2.05) is 57.2 Å². The maximum absolute atomic E-state index is 5.57. The van der Waals surface area contributed by atoms with E-state index in [9.17, 15) is 0 Å². The third kappa shape index (κ3) is 4.81. The number of hydrogen-bond donors (Lipinski definition) is 0. The highest BCUT2D eigenvalue weighted by Gasteiger charge is 2.07. The average Bonchev–Trinajstić information content (AvgIpc) is 2.45. The van der Waals surface area contributed by atoms with E-state index >= 15 is 0 Å². The van der Waals surface area contributed by atoms with Crippen molar-refractivity contribution in [1.82, 2.24) is 0 Å². The Morgan fingerprint density at radius 2 is 1.90 bits per heavy atom. The van der Waals surface area contributed by atoms with Crippen molar-refractivity contribution in [2.75, 3.05) is 11.4 Å². The lowest BCUT2D eigenvalue weighted by Crippen LogP contribution is -2.20. The zero-order valence-corrected chi connectivity index (χ0v) is 12.6. The van der Waals surface area contributed by atoms with E-state index in [2.05, 4.69) is 30.2 Å². The Morgan fingerprint density at radius 3 is 2.45 bits per heavy atom. The summed E-state index contributed by atoms with van der Waals surface area (Å²) in [4.78, 5) is 2.16. The van der Waals surface area contributed by atoms with Gasteiger partial charge in [-0.15, -0.1) is 6.58 Å². The van der Waals surface area contributed by atoms with E-state index < -0.39 is 0 Å². The normalized spacial score (nSPS) is 11.9. The highest BCUT2D eigenvalue weighted by molar-refractivity contribution is 5.52. The fraction of sp³-hybridized carbons (Fsp3) is 0.222. The lowest BCUT2D eigenvalue weighted by molar-refractivity contribution is 0.323. The molecule has 2 nitrogen and oxygen atoms in total. The average molecular weight is 269 g/mol. The van der Waals surface area contributed by atoms with Crippen molar-refractivity contribution in [2.45, 2.75) is 20.8 Å². The van der Waals surface area contributed by atoms with Crippen LogP contribution in [0.15, 0.2) is 78.9 Å². The van der Waals surface area contributed by atoms with Crippen LogP contribution in [0.1, 0.15) is 20.8 Å². The Labute approximate surface area is 122 Å². The summed E-state index contributed by atoms with van der Waals surface area (Å²) < 4.78 is 5.57. The summed E-state index contributed by atoms with van der Waals surface area (Å²) in [5, 5.41) is 0. The van der Waals surface area contributed by atoms with Crippen molar-refractivity contribution in [3.8, 4) is 0 Å². The lowest BCUT2D eigenvalue weighted by Gasteiger charge is -2.24. The number of rotatable bonds is 7. The van der Waals surface area contributed by atoms with Crippen LogP contribution in [0.4, 0.5) is 5.69 Å². The second kappa shape index (κ2) is 8.05. The molecule has 1 aromatic carbocycles. The summed E-state index contributed by atoms with van der Waals surface area (Å²) >= 11 is 0. The molecule has 1 aromatic rings. The molecule has 0 aliphatic heterocycles. The van der Waals surface area contributed by atoms with Gasteiger partial charge in [0.15, 0.2) is 0 Å². The molecule has 0 heterocycles. The van der Waals surface area contributed by atoms with E-state index in [0.29, 0.717) is 5.76 Å². The third-order valence-corrected chi connectivity index (χ3v) is 2.87. The van der Waals surface area contributed by atoms with Crippen LogP contribution in [0.3, 0.4) is 0 Å². The van der Waals surface area contributed by atoms with Gasteiger partial charge in [0.2, 0.25) is 0 Å². The minimum atomic E-state index is 0.628. The molecule has 0 aliphatic carbocycles. The van der Waals surface area contributed by atoms with Gasteiger partial charge in [-0.25, -0.2) is 0 Å². The monoisotopic (exact) mass is 269 g/mol. The van der Waals surface area contributed by atoms with Crippen LogP contribution in [0.2, 0.25) is 0 Å². The molecule has 1 rings (SSSR count). The molecule has 0 radical (unpaired) electrons. The highest BCUT2D eigenvalue weighted by atomic mass is 16.5. The quantitative estimate of drug-likeness (QED) is 0.391. The Kier molecular flexibility index (Phi) is 6.38. The molecule has 0 saturated carbocycles. The van der Waals surface area contributed by atoms with Crippen LogP contribution in [-0.2, 0) is 4.74 Å². The number of benzene rings is 1. The van der Waals surface area contributed by atoms with Crippen molar-refractivity contribution in [3.05, 3.63) is 78.9 Å². The fourth-order valence-corrected chi connectivity index (χ4v) is 1.80. The predicted molar refractivity (Wildman–Crippen MR) is 87.4 cm³/mol. The molecule has 20 heavy (non-hydrogen) atoms. The molecule has 106 valence electrons. The zero-order valence-electron chi connectivity index (χ0n) is 12.6. The highest BCUT2D eigenvalue weighted by Crippen LogP contribution is 2.20. The van der Waals surface area contributed by atoms with Gasteiger partial charge in [0.1, 0.15) is 5.76 Å². The maximum Gasteiger partial charge on any atom is 0.121 e. The van der Waals surface area contributed by atoms with Gasteiger partial charge in [-0.2, -0.15) is 0 Å². The summed E-state index contributed by atoms with van der Waals surface area (Å²) in [7, 11) is 0. The van der Waals surface area contributed by atoms with Crippen LogP contribution < -0.4 is 4.90 Å². The van der Waals surface area contributed by atoms with E-state index in [4.69, 9.17) is 4.74 Å². The molecule has 0 amide bonds. The van der Waals surface area contributed by atoms with Crippen LogP contribution in [-0.4, -0.2) is 6.54 Å². The number of allylic oxidation sites excluding steroid dienone is 4. The molecule has 0 saturated heterocycles. The summed E-state index contributed by atoms with van der Waals surface area (Å²) in [6, 6.07) is 10.2. The van der Waals surface area contributed by atoms with Gasteiger partial charge >= 0.3 is 0 Å². The van der Waals surface area contributed by atoms with E-state index in [1.54, 1.807) is 0 Å². The van der Waals surface area contributed by atoms with Crippen molar-refractivity contribution < 1.29 is 4.74 Å². The first-order chi connectivity index (χ1) is 9.58. The second-order valence-electron chi connectivity index (χ2n) is 4.49. The third-order valence-electron chi connectivity index (χ3n) is 2.87. The fourth-order valence-electron chi connectivity index (χ4n) is 1.80. The Hall–Kier alpha value is -2.22. The summed E-state index contributed by atoms with van der Waals surface area (Å²) in [5.74, 6) is 1.47.